The molecule has 0 atom stereocenters. The maximum absolute atomic E-state index is 13.0. The van der Waals surface area contributed by atoms with Crippen LogP contribution in [-0.2, 0) is 16.6 Å². The lowest BCUT2D eigenvalue weighted by Gasteiger charge is -2.09. The maximum Gasteiger partial charge on any atom is 0.261 e. The molecule has 9 heteroatoms. The van der Waals surface area contributed by atoms with Gasteiger partial charge in [0.2, 0.25) is 0 Å². The fraction of sp³-hybridized carbons (Fsp3) is 0.200. The molecule has 0 aliphatic heterocycles. The molecule has 2 aromatic carbocycles. The molecule has 29 heavy (non-hydrogen) atoms. The van der Waals surface area contributed by atoms with E-state index in [1.807, 2.05) is 5.38 Å². The van der Waals surface area contributed by atoms with Gasteiger partial charge >= 0.3 is 0 Å². The van der Waals surface area contributed by atoms with Crippen molar-refractivity contribution >= 4 is 33.0 Å². The van der Waals surface area contributed by atoms with Crippen LogP contribution < -0.4 is 10.0 Å². The largest absolute Gasteiger partial charge is 0.346 e. The molecule has 2 N–H and O–H groups in total. The fourth-order valence-corrected chi connectivity index (χ4v) is 4.35. The maximum atomic E-state index is 13.0. The number of halogens is 1. The van der Waals surface area contributed by atoms with Crippen LogP contribution >= 0.6 is 11.3 Å². The highest BCUT2D eigenvalue weighted by Crippen LogP contribution is 2.19. The fourth-order valence-electron chi connectivity index (χ4n) is 2.46. The number of aromatic nitrogens is 1. The predicted molar refractivity (Wildman–Crippen MR) is 111 cm³/mol. The summed E-state index contributed by atoms with van der Waals surface area (Å²) >= 11 is 1.56. The molecular formula is C20H20FN3O3S2. The summed E-state index contributed by atoms with van der Waals surface area (Å²) in [6.07, 6.45) is 0. The molecule has 3 aromatic rings. The Morgan fingerprint density at radius 3 is 2.34 bits per heavy atom. The van der Waals surface area contributed by atoms with E-state index in [2.05, 4.69) is 28.9 Å². The molecular weight excluding hydrogens is 413 g/mol. The van der Waals surface area contributed by atoms with Crippen molar-refractivity contribution in [1.82, 2.24) is 10.3 Å². The number of amides is 1. The van der Waals surface area contributed by atoms with Gasteiger partial charge in [-0.25, -0.2) is 17.8 Å². The van der Waals surface area contributed by atoms with Crippen LogP contribution in [0.5, 0.6) is 0 Å². The van der Waals surface area contributed by atoms with Gasteiger partial charge in [0, 0.05) is 22.5 Å². The minimum absolute atomic E-state index is 0.0512. The minimum Gasteiger partial charge on any atom is -0.346 e. The van der Waals surface area contributed by atoms with Crippen LogP contribution in [0.4, 0.5) is 10.1 Å². The van der Waals surface area contributed by atoms with Crippen molar-refractivity contribution < 1.29 is 17.6 Å². The van der Waals surface area contributed by atoms with E-state index in [-0.39, 0.29) is 10.8 Å². The number of benzene rings is 2. The molecule has 152 valence electrons. The lowest BCUT2D eigenvalue weighted by molar-refractivity contribution is 0.0950. The highest BCUT2D eigenvalue weighted by atomic mass is 32.2. The Morgan fingerprint density at radius 2 is 1.76 bits per heavy atom. The van der Waals surface area contributed by atoms with Crippen LogP contribution in [0.3, 0.4) is 0 Å². The van der Waals surface area contributed by atoms with E-state index >= 15 is 0 Å². The highest BCUT2D eigenvalue weighted by molar-refractivity contribution is 7.92. The number of anilines is 1. The van der Waals surface area contributed by atoms with E-state index in [0.717, 1.165) is 22.8 Å². The van der Waals surface area contributed by atoms with Gasteiger partial charge in [-0.05, 0) is 48.5 Å². The average molecular weight is 434 g/mol. The summed E-state index contributed by atoms with van der Waals surface area (Å²) in [6.45, 7) is 4.45. The summed E-state index contributed by atoms with van der Waals surface area (Å²) in [5.41, 5.74) is 1.50. The molecule has 1 amide bonds. The molecule has 6 nitrogen and oxygen atoms in total. The van der Waals surface area contributed by atoms with Gasteiger partial charge in [-0.3, -0.25) is 9.52 Å². The molecule has 0 saturated carbocycles. The van der Waals surface area contributed by atoms with E-state index in [4.69, 9.17) is 0 Å². The molecule has 0 fully saturated rings. The molecule has 0 spiro atoms. The number of hydrogen-bond donors (Lipinski definition) is 2. The van der Waals surface area contributed by atoms with Crippen LogP contribution in [0.15, 0.2) is 58.8 Å². The van der Waals surface area contributed by atoms with Gasteiger partial charge in [0.15, 0.2) is 0 Å². The quantitative estimate of drug-likeness (QED) is 0.586. The second-order valence-corrected chi connectivity index (χ2v) is 9.22. The van der Waals surface area contributed by atoms with E-state index in [0.29, 0.717) is 23.7 Å². The van der Waals surface area contributed by atoms with Crippen LogP contribution in [-0.4, -0.2) is 19.3 Å². The summed E-state index contributed by atoms with van der Waals surface area (Å²) in [7, 11) is -3.84. The van der Waals surface area contributed by atoms with E-state index in [9.17, 15) is 17.6 Å². The van der Waals surface area contributed by atoms with Crippen molar-refractivity contribution in [3.8, 4) is 0 Å². The molecule has 0 saturated heterocycles. The van der Waals surface area contributed by atoms with Crippen molar-refractivity contribution in [2.24, 2.45) is 0 Å². The van der Waals surface area contributed by atoms with Crippen LogP contribution in [0.25, 0.3) is 0 Å². The van der Waals surface area contributed by atoms with Gasteiger partial charge in [-0.1, -0.05) is 13.8 Å². The molecule has 1 heterocycles. The average Bonchev–Trinajstić information content (AvgIpc) is 3.16. The number of rotatable bonds is 7. The zero-order chi connectivity index (χ0) is 21.0. The van der Waals surface area contributed by atoms with Gasteiger partial charge < -0.3 is 5.32 Å². The standard InChI is InChI=1S/C20H20FN3O3S2/c1-13(2)20-23-17(12-28-20)11-22-19(25)14-3-7-16(8-4-14)24-29(26,27)18-9-5-15(21)6-10-18/h3-10,12-13,24H,11H2,1-2H3,(H,22,25). The molecule has 0 aliphatic rings. The third kappa shape index (κ3) is 5.39. The second-order valence-electron chi connectivity index (χ2n) is 6.65. The van der Waals surface area contributed by atoms with Crippen LogP contribution in [0.2, 0.25) is 0 Å². The first-order chi connectivity index (χ1) is 13.7. The van der Waals surface area contributed by atoms with Crippen LogP contribution in [0, 0.1) is 5.82 Å². The SMILES string of the molecule is CC(C)c1nc(CNC(=O)c2ccc(NS(=O)(=O)c3ccc(F)cc3)cc2)cs1. The Morgan fingerprint density at radius 1 is 1.10 bits per heavy atom. The Bertz CT molecular complexity index is 1090. The lowest BCUT2D eigenvalue weighted by Crippen LogP contribution is -2.23. The van der Waals surface area contributed by atoms with Gasteiger partial charge in [0.05, 0.1) is 22.1 Å². The van der Waals surface area contributed by atoms with Crippen molar-refractivity contribution in [1.29, 1.82) is 0 Å². The summed E-state index contributed by atoms with van der Waals surface area (Å²) in [5, 5.41) is 5.74. The topological polar surface area (TPSA) is 88.2 Å². The summed E-state index contributed by atoms with van der Waals surface area (Å²) in [4.78, 5) is 16.7. The number of hydrogen-bond acceptors (Lipinski definition) is 5. The zero-order valence-electron chi connectivity index (χ0n) is 15.8. The van der Waals surface area contributed by atoms with Gasteiger partial charge in [0.25, 0.3) is 15.9 Å². The molecule has 0 unspecified atom stereocenters. The van der Waals surface area contributed by atoms with E-state index in [1.54, 1.807) is 11.3 Å². The molecule has 0 aliphatic carbocycles. The van der Waals surface area contributed by atoms with Gasteiger partial charge in [0.1, 0.15) is 5.82 Å². The normalized spacial score (nSPS) is 11.4. The third-order valence-corrected chi connectivity index (χ3v) is 6.61. The first-order valence-corrected chi connectivity index (χ1v) is 11.2. The summed E-state index contributed by atoms with van der Waals surface area (Å²) in [6, 6.07) is 10.6. The smallest absolute Gasteiger partial charge is 0.261 e. The summed E-state index contributed by atoms with van der Waals surface area (Å²) in [5.74, 6) is -0.454. The van der Waals surface area contributed by atoms with E-state index < -0.39 is 15.8 Å². The van der Waals surface area contributed by atoms with Crippen LogP contribution in [0.1, 0.15) is 40.8 Å². The minimum atomic E-state index is -3.84. The molecule has 0 bridgehead atoms. The van der Waals surface area contributed by atoms with Crippen molar-refractivity contribution in [3.05, 3.63) is 76.0 Å². The number of nitrogens with one attached hydrogen (secondary N) is 2. The number of nitrogens with zero attached hydrogens (tertiary/aromatic N) is 1. The third-order valence-electron chi connectivity index (χ3n) is 4.02. The van der Waals surface area contributed by atoms with Crippen molar-refractivity contribution in [2.75, 3.05) is 4.72 Å². The van der Waals surface area contributed by atoms with Gasteiger partial charge in [-0.15, -0.1) is 11.3 Å². The zero-order valence-corrected chi connectivity index (χ0v) is 17.5. The Balaban J connectivity index is 1.61. The molecule has 1 aromatic heterocycles. The number of carbonyl (C=O) groups is 1. The van der Waals surface area contributed by atoms with Crippen molar-refractivity contribution in [2.45, 2.75) is 31.2 Å². The van der Waals surface area contributed by atoms with Crippen molar-refractivity contribution in [3.63, 3.8) is 0 Å². The highest BCUT2D eigenvalue weighted by Gasteiger charge is 2.15. The van der Waals surface area contributed by atoms with Gasteiger partial charge in [-0.2, -0.15) is 0 Å². The predicted octanol–water partition coefficient (Wildman–Crippen LogP) is 4.14. The monoisotopic (exact) mass is 433 g/mol. The number of thiazole rings is 1. The first kappa shape index (κ1) is 20.9. The summed E-state index contributed by atoms with van der Waals surface area (Å²) < 4.78 is 40.0. The Kier molecular flexibility index (Phi) is 6.29. The Hall–Kier alpha value is -2.78. The second kappa shape index (κ2) is 8.71. The lowest BCUT2D eigenvalue weighted by atomic mass is 10.2. The molecule has 3 rings (SSSR count). The first-order valence-electron chi connectivity index (χ1n) is 8.85. The van der Waals surface area contributed by atoms with E-state index in [1.165, 1.54) is 36.4 Å². The number of carbonyl (C=O) groups excluding carboxylic acids is 1. The Labute approximate surface area is 172 Å². The molecule has 0 radical (unpaired) electrons. The number of sulfonamides is 1.